The second-order valence-corrected chi connectivity index (χ2v) is 5.49. The molecule has 2 fully saturated rings. The van der Waals surface area contributed by atoms with Crippen LogP contribution in [0, 0.1) is 23.7 Å². The molecule has 0 amide bonds. The standard InChI is InChI=1S/C13H22O/c1-3-4-9(2)5-13(14)12-7-10-6-11(10)8-12/h9-12H,3-8H2,1-2H3. The topological polar surface area (TPSA) is 17.1 Å². The van der Waals surface area contributed by atoms with Crippen LogP contribution in [0.25, 0.3) is 0 Å². The molecule has 0 aromatic carbocycles. The lowest BCUT2D eigenvalue weighted by Gasteiger charge is -2.14. The van der Waals surface area contributed by atoms with Crippen LogP contribution in [0.15, 0.2) is 0 Å². The molecule has 3 unspecified atom stereocenters. The van der Waals surface area contributed by atoms with Crippen LogP contribution in [-0.2, 0) is 4.79 Å². The van der Waals surface area contributed by atoms with Gasteiger partial charge in [0.05, 0.1) is 0 Å². The summed E-state index contributed by atoms with van der Waals surface area (Å²) >= 11 is 0. The molecule has 3 atom stereocenters. The van der Waals surface area contributed by atoms with Crippen molar-refractivity contribution in [3.05, 3.63) is 0 Å². The fourth-order valence-electron chi connectivity index (χ4n) is 3.08. The second kappa shape index (κ2) is 4.04. The van der Waals surface area contributed by atoms with E-state index in [2.05, 4.69) is 13.8 Å². The maximum Gasteiger partial charge on any atom is 0.136 e. The van der Waals surface area contributed by atoms with E-state index in [0.29, 0.717) is 17.6 Å². The predicted octanol–water partition coefficient (Wildman–Crippen LogP) is 3.43. The van der Waals surface area contributed by atoms with Crippen molar-refractivity contribution < 1.29 is 4.79 Å². The van der Waals surface area contributed by atoms with Crippen LogP contribution in [0.3, 0.4) is 0 Å². The summed E-state index contributed by atoms with van der Waals surface area (Å²) in [6.07, 6.45) is 7.15. The quantitative estimate of drug-likeness (QED) is 0.655. The zero-order valence-electron chi connectivity index (χ0n) is 9.46. The van der Waals surface area contributed by atoms with Gasteiger partial charge < -0.3 is 0 Å². The third-order valence-electron chi connectivity index (χ3n) is 4.03. The number of ketones is 1. The molecule has 0 saturated heterocycles. The lowest BCUT2D eigenvalue weighted by molar-refractivity contribution is -0.123. The van der Waals surface area contributed by atoms with Crippen molar-refractivity contribution in [2.45, 2.75) is 52.4 Å². The van der Waals surface area contributed by atoms with E-state index in [4.69, 9.17) is 0 Å². The van der Waals surface area contributed by atoms with E-state index in [1.54, 1.807) is 0 Å². The molecule has 0 heterocycles. The van der Waals surface area contributed by atoms with E-state index in [1.165, 1.54) is 32.1 Å². The average molecular weight is 194 g/mol. The number of Topliss-reactive ketones (excluding diaryl/α,β-unsaturated/α-hetero) is 1. The lowest BCUT2D eigenvalue weighted by Crippen LogP contribution is -2.15. The molecule has 80 valence electrons. The van der Waals surface area contributed by atoms with Crippen LogP contribution in [0.5, 0.6) is 0 Å². The first-order chi connectivity index (χ1) is 6.70. The molecule has 0 aromatic heterocycles. The minimum absolute atomic E-state index is 0.457. The van der Waals surface area contributed by atoms with Crippen molar-refractivity contribution in [2.75, 3.05) is 0 Å². The van der Waals surface area contributed by atoms with Gasteiger partial charge in [-0.1, -0.05) is 26.7 Å². The van der Waals surface area contributed by atoms with Crippen molar-refractivity contribution in [1.82, 2.24) is 0 Å². The Hall–Kier alpha value is -0.330. The van der Waals surface area contributed by atoms with Gasteiger partial charge in [-0.25, -0.2) is 0 Å². The Labute approximate surface area is 87.3 Å². The molecule has 2 rings (SSSR count). The Kier molecular flexibility index (Phi) is 2.94. The van der Waals surface area contributed by atoms with Crippen LogP contribution in [0.1, 0.15) is 52.4 Å². The van der Waals surface area contributed by atoms with E-state index >= 15 is 0 Å². The minimum Gasteiger partial charge on any atom is -0.299 e. The summed E-state index contributed by atoms with van der Waals surface area (Å²) in [6, 6.07) is 0. The fourth-order valence-corrected chi connectivity index (χ4v) is 3.08. The smallest absolute Gasteiger partial charge is 0.136 e. The highest BCUT2D eigenvalue weighted by Crippen LogP contribution is 2.54. The second-order valence-electron chi connectivity index (χ2n) is 5.49. The lowest BCUT2D eigenvalue weighted by atomic mass is 9.90. The molecule has 0 spiro atoms. The van der Waals surface area contributed by atoms with Crippen LogP contribution in [-0.4, -0.2) is 5.78 Å². The molecule has 2 aliphatic carbocycles. The minimum atomic E-state index is 0.457. The zero-order chi connectivity index (χ0) is 10.1. The predicted molar refractivity (Wildman–Crippen MR) is 58.0 cm³/mol. The van der Waals surface area contributed by atoms with Crippen LogP contribution < -0.4 is 0 Å². The Morgan fingerprint density at radius 1 is 1.29 bits per heavy atom. The summed E-state index contributed by atoms with van der Waals surface area (Å²) in [6.45, 7) is 4.42. The molecule has 0 aromatic rings. The summed E-state index contributed by atoms with van der Waals surface area (Å²) in [5, 5.41) is 0. The Balaban J connectivity index is 1.72. The number of carbonyl (C=O) groups is 1. The third-order valence-corrected chi connectivity index (χ3v) is 4.03. The maximum atomic E-state index is 11.9. The monoisotopic (exact) mass is 194 g/mol. The summed E-state index contributed by atoms with van der Waals surface area (Å²) in [5.74, 6) is 3.54. The number of fused-ring (bicyclic) bond motifs is 1. The molecule has 0 bridgehead atoms. The first-order valence-electron chi connectivity index (χ1n) is 6.23. The number of hydrogen-bond acceptors (Lipinski definition) is 1. The van der Waals surface area contributed by atoms with E-state index < -0.39 is 0 Å². The van der Waals surface area contributed by atoms with E-state index in [0.717, 1.165) is 18.3 Å². The van der Waals surface area contributed by atoms with Gasteiger partial charge in [0, 0.05) is 12.3 Å². The van der Waals surface area contributed by atoms with Gasteiger partial charge in [0.1, 0.15) is 5.78 Å². The van der Waals surface area contributed by atoms with Crippen LogP contribution >= 0.6 is 0 Å². The first-order valence-corrected chi connectivity index (χ1v) is 6.23. The van der Waals surface area contributed by atoms with Crippen molar-refractivity contribution in [3.63, 3.8) is 0 Å². The number of rotatable bonds is 5. The third kappa shape index (κ3) is 2.18. The highest BCUT2D eigenvalue weighted by Gasteiger charge is 2.47. The van der Waals surface area contributed by atoms with E-state index in [1.807, 2.05) is 0 Å². The Morgan fingerprint density at radius 2 is 1.93 bits per heavy atom. The van der Waals surface area contributed by atoms with Crippen molar-refractivity contribution in [2.24, 2.45) is 23.7 Å². The van der Waals surface area contributed by atoms with Crippen molar-refractivity contribution >= 4 is 5.78 Å². The van der Waals surface area contributed by atoms with Crippen LogP contribution in [0.2, 0.25) is 0 Å². The molecule has 0 radical (unpaired) electrons. The largest absolute Gasteiger partial charge is 0.299 e. The molecular weight excluding hydrogens is 172 g/mol. The summed E-state index contributed by atoms with van der Waals surface area (Å²) in [7, 11) is 0. The summed E-state index contributed by atoms with van der Waals surface area (Å²) in [4.78, 5) is 11.9. The van der Waals surface area contributed by atoms with Crippen molar-refractivity contribution in [3.8, 4) is 0 Å². The van der Waals surface area contributed by atoms with E-state index in [-0.39, 0.29) is 0 Å². The fraction of sp³-hybridized carbons (Fsp3) is 0.923. The molecule has 1 heteroatoms. The molecule has 0 N–H and O–H groups in total. The molecule has 2 saturated carbocycles. The SMILES string of the molecule is CCCC(C)CC(=O)C1CC2CC2C1. The van der Waals surface area contributed by atoms with Crippen LogP contribution in [0.4, 0.5) is 0 Å². The molecule has 14 heavy (non-hydrogen) atoms. The highest BCUT2D eigenvalue weighted by molar-refractivity contribution is 5.81. The normalized spacial score (nSPS) is 36.6. The van der Waals surface area contributed by atoms with Gasteiger partial charge in [0.2, 0.25) is 0 Å². The Bertz CT molecular complexity index is 211. The number of hydrogen-bond donors (Lipinski definition) is 0. The molecule has 2 aliphatic rings. The highest BCUT2D eigenvalue weighted by atomic mass is 16.1. The maximum absolute atomic E-state index is 11.9. The molecular formula is C13H22O. The van der Waals surface area contributed by atoms with Gasteiger partial charge in [-0.2, -0.15) is 0 Å². The van der Waals surface area contributed by atoms with Gasteiger partial charge in [-0.05, 0) is 37.0 Å². The summed E-state index contributed by atoms with van der Waals surface area (Å²) in [5.41, 5.74) is 0. The molecule has 0 aliphatic heterocycles. The molecule has 1 nitrogen and oxygen atoms in total. The Morgan fingerprint density at radius 3 is 2.50 bits per heavy atom. The average Bonchev–Trinajstić information content (AvgIpc) is 2.74. The van der Waals surface area contributed by atoms with Gasteiger partial charge in [0.25, 0.3) is 0 Å². The van der Waals surface area contributed by atoms with E-state index in [9.17, 15) is 4.79 Å². The van der Waals surface area contributed by atoms with Gasteiger partial charge in [0.15, 0.2) is 0 Å². The zero-order valence-corrected chi connectivity index (χ0v) is 9.46. The first kappa shape index (κ1) is 10.2. The van der Waals surface area contributed by atoms with Gasteiger partial charge >= 0.3 is 0 Å². The van der Waals surface area contributed by atoms with Crippen molar-refractivity contribution in [1.29, 1.82) is 0 Å². The number of carbonyl (C=O) groups excluding carboxylic acids is 1. The van der Waals surface area contributed by atoms with Gasteiger partial charge in [-0.15, -0.1) is 0 Å². The van der Waals surface area contributed by atoms with Gasteiger partial charge in [-0.3, -0.25) is 4.79 Å². The summed E-state index contributed by atoms with van der Waals surface area (Å²) < 4.78 is 0.